The van der Waals surface area contributed by atoms with Crippen LogP contribution in [0.2, 0.25) is 0 Å². The highest BCUT2D eigenvalue weighted by Crippen LogP contribution is 2.23. The van der Waals surface area contributed by atoms with Gasteiger partial charge in [0, 0.05) is 6.42 Å². The predicted molar refractivity (Wildman–Crippen MR) is 30.9 cm³/mol. The third-order valence-electron chi connectivity index (χ3n) is 0.897. The summed E-state index contributed by atoms with van der Waals surface area (Å²) in [5.41, 5.74) is -2.09. The highest BCUT2D eigenvalue weighted by Gasteiger charge is 2.41. The van der Waals surface area contributed by atoms with Crippen molar-refractivity contribution < 1.29 is 22.4 Å². The van der Waals surface area contributed by atoms with E-state index in [1.165, 1.54) is 0 Å². The van der Waals surface area contributed by atoms with Gasteiger partial charge in [0.15, 0.2) is 0 Å². The van der Waals surface area contributed by atoms with Gasteiger partial charge in [-0.2, -0.15) is 13.2 Å². The number of halogens is 4. The first kappa shape index (κ1) is 10.4. The molecule has 0 aromatic carbocycles. The van der Waals surface area contributed by atoms with Crippen LogP contribution >= 0.6 is 0 Å². The molecule has 5 heteroatoms. The van der Waals surface area contributed by atoms with Crippen molar-refractivity contribution in [2.45, 2.75) is 32.1 Å². The maximum Gasteiger partial charge on any atom is 0.450 e. The molecule has 0 rings (SSSR count). The lowest BCUT2D eigenvalue weighted by atomic mass is 10.0. The lowest BCUT2D eigenvalue weighted by Gasteiger charge is -2.13. The fourth-order valence-corrected chi connectivity index (χ4v) is 0.482. The van der Waals surface area contributed by atoms with Crippen LogP contribution in [-0.2, 0) is 4.79 Å². The fraction of sp³-hybridized carbons (Fsp3) is 0.833. The van der Waals surface area contributed by atoms with Gasteiger partial charge >= 0.3 is 6.18 Å². The summed E-state index contributed by atoms with van der Waals surface area (Å²) < 4.78 is 46.8. The molecule has 0 heterocycles. The molecule has 0 atom stereocenters. The monoisotopic (exact) mass is 172 g/mol. The van der Waals surface area contributed by atoms with E-state index < -0.39 is 24.0 Å². The van der Waals surface area contributed by atoms with E-state index in [2.05, 4.69) is 0 Å². The summed E-state index contributed by atoms with van der Waals surface area (Å²) >= 11 is 0. The summed E-state index contributed by atoms with van der Waals surface area (Å²) in [6, 6.07) is 0. The Bertz CT molecular complexity index is 153. The fourth-order valence-electron chi connectivity index (χ4n) is 0.482. The van der Waals surface area contributed by atoms with Crippen LogP contribution in [0.15, 0.2) is 0 Å². The van der Waals surface area contributed by atoms with E-state index in [0.717, 1.165) is 13.8 Å². The molecule has 11 heavy (non-hydrogen) atoms. The molecule has 0 aliphatic rings. The first-order valence-corrected chi connectivity index (χ1v) is 2.92. The van der Waals surface area contributed by atoms with Crippen LogP contribution in [-0.4, -0.2) is 17.6 Å². The van der Waals surface area contributed by atoms with Crippen molar-refractivity contribution >= 4 is 5.78 Å². The second-order valence-electron chi connectivity index (χ2n) is 2.82. The van der Waals surface area contributed by atoms with Crippen LogP contribution in [0.25, 0.3) is 0 Å². The average Bonchev–Trinajstić information content (AvgIpc) is 1.56. The van der Waals surface area contributed by atoms with Gasteiger partial charge in [0.25, 0.3) is 0 Å². The van der Waals surface area contributed by atoms with Crippen molar-refractivity contribution in [2.75, 3.05) is 0 Å². The molecular weight excluding hydrogens is 164 g/mol. The van der Waals surface area contributed by atoms with Gasteiger partial charge in [-0.25, -0.2) is 4.39 Å². The van der Waals surface area contributed by atoms with Crippen molar-refractivity contribution in [3.05, 3.63) is 0 Å². The van der Waals surface area contributed by atoms with Crippen LogP contribution in [0, 0.1) is 0 Å². The molecule has 0 saturated carbocycles. The number of Topliss-reactive ketones (excluding diaryl/α,β-unsaturated/α-hetero) is 1. The van der Waals surface area contributed by atoms with E-state index in [1.54, 1.807) is 0 Å². The maximum absolute atomic E-state index is 12.4. The van der Waals surface area contributed by atoms with Crippen molar-refractivity contribution in [1.82, 2.24) is 0 Å². The normalized spacial score (nSPS) is 13.3. The number of ketones is 1. The molecule has 0 aliphatic carbocycles. The van der Waals surface area contributed by atoms with E-state index >= 15 is 0 Å². The van der Waals surface area contributed by atoms with Crippen molar-refractivity contribution in [3.8, 4) is 0 Å². The van der Waals surface area contributed by atoms with Crippen LogP contribution in [0.1, 0.15) is 20.3 Å². The third-order valence-corrected chi connectivity index (χ3v) is 0.897. The standard InChI is InChI=1S/C6H8F4O/c1-5(2,7)3-4(11)6(8,9)10/h3H2,1-2H3. The number of hydrogen-bond acceptors (Lipinski definition) is 1. The molecular formula is C6H8F4O. The first-order chi connectivity index (χ1) is 4.63. The van der Waals surface area contributed by atoms with Gasteiger partial charge in [-0.05, 0) is 13.8 Å². The Morgan fingerprint density at radius 3 is 1.64 bits per heavy atom. The Kier molecular flexibility index (Phi) is 2.64. The van der Waals surface area contributed by atoms with E-state index in [-0.39, 0.29) is 0 Å². The quantitative estimate of drug-likeness (QED) is 0.584. The van der Waals surface area contributed by atoms with Crippen molar-refractivity contribution in [3.63, 3.8) is 0 Å². The minimum atomic E-state index is -4.91. The molecule has 0 unspecified atom stereocenters. The molecule has 0 radical (unpaired) electrons. The zero-order valence-corrected chi connectivity index (χ0v) is 6.13. The summed E-state index contributed by atoms with van der Waals surface area (Å²) in [7, 11) is 0. The van der Waals surface area contributed by atoms with Crippen LogP contribution in [0.4, 0.5) is 17.6 Å². The maximum atomic E-state index is 12.4. The highest BCUT2D eigenvalue weighted by molar-refractivity contribution is 5.84. The highest BCUT2D eigenvalue weighted by atomic mass is 19.4. The Labute approximate surface area is 61.4 Å². The van der Waals surface area contributed by atoms with E-state index in [0.29, 0.717) is 0 Å². The summed E-state index contributed by atoms with van der Waals surface area (Å²) in [6.07, 6.45) is -6.03. The van der Waals surface area contributed by atoms with Gasteiger partial charge in [-0.15, -0.1) is 0 Å². The van der Waals surface area contributed by atoms with E-state index in [1.807, 2.05) is 0 Å². The van der Waals surface area contributed by atoms with Gasteiger partial charge < -0.3 is 0 Å². The van der Waals surface area contributed by atoms with Crippen LogP contribution in [0.5, 0.6) is 0 Å². The minimum absolute atomic E-state index is 0.927. The Balaban J connectivity index is 4.11. The molecule has 66 valence electrons. The lowest BCUT2D eigenvalue weighted by Crippen LogP contribution is -2.29. The topological polar surface area (TPSA) is 17.1 Å². The van der Waals surface area contributed by atoms with Gasteiger partial charge in [0.2, 0.25) is 5.78 Å². The first-order valence-electron chi connectivity index (χ1n) is 2.92. The molecule has 0 aliphatic heterocycles. The third kappa shape index (κ3) is 4.75. The summed E-state index contributed by atoms with van der Waals surface area (Å²) in [4.78, 5) is 10.1. The Morgan fingerprint density at radius 1 is 1.18 bits per heavy atom. The summed E-state index contributed by atoms with van der Waals surface area (Å²) in [5.74, 6) is -2.02. The van der Waals surface area contributed by atoms with Crippen LogP contribution in [0.3, 0.4) is 0 Å². The number of hydrogen-bond donors (Lipinski definition) is 0. The molecule has 0 fully saturated rings. The second-order valence-corrected chi connectivity index (χ2v) is 2.82. The number of carbonyl (C=O) groups is 1. The summed E-state index contributed by atoms with van der Waals surface area (Å²) in [5, 5.41) is 0. The predicted octanol–water partition coefficient (Wildman–Crippen LogP) is 2.26. The molecule has 1 nitrogen and oxygen atoms in total. The molecule has 0 spiro atoms. The SMILES string of the molecule is CC(C)(F)CC(=O)C(F)(F)F. The van der Waals surface area contributed by atoms with Crippen molar-refractivity contribution in [1.29, 1.82) is 0 Å². The van der Waals surface area contributed by atoms with E-state index in [4.69, 9.17) is 0 Å². The van der Waals surface area contributed by atoms with E-state index in [9.17, 15) is 22.4 Å². The van der Waals surface area contributed by atoms with Gasteiger partial charge in [-0.3, -0.25) is 4.79 Å². The number of rotatable bonds is 2. The zero-order valence-electron chi connectivity index (χ0n) is 6.13. The molecule has 0 bridgehead atoms. The van der Waals surface area contributed by atoms with Gasteiger partial charge in [0.1, 0.15) is 5.67 Å². The summed E-state index contributed by atoms with van der Waals surface area (Å²) in [6.45, 7) is 1.85. The smallest absolute Gasteiger partial charge is 0.289 e. The zero-order chi connectivity index (χ0) is 9.28. The molecule has 0 saturated heterocycles. The lowest BCUT2D eigenvalue weighted by molar-refractivity contribution is -0.173. The largest absolute Gasteiger partial charge is 0.450 e. The number of alkyl halides is 4. The van der Waals surface area contributed by atoms with Gasteiger partial charge in [0.05, 0.1) is 0 Å². The Hall–Kier alpha value is -0.610. The van der Waals surface area contributed by atoms with Crippen LogP contribution < -0.4 is 0 Å². The number of carbonyl (C=O) groups excluding carboxylic acids is 1. The van der Waals surface area contributed by atoms with Gasteiger partial charge in [-0.1, -0.05) is 0 Å². The second kappa shape index (κ2) is 2.79. The molecule has 0 amide bonds. The molecule has 0 aromatic heterocycles. The Morgan fingerprint density at radius 2 is 1.55 bits per heavy atom. The minimum Gasteiger partial charge on any atom is -0.289 e. The van der Waals surface area contributed by atoms with Crippen molar-refractivity contribution in [2.24, 2.45) is 0 Å². The average molecular weight is 172 g/mol. The molecule has 0 N–H and O–H groups in total. The molecule has 0 aromatic rings.